The van der Waals surface area contributed by atoms with Gasteiger partial charge in [0.15, 0.2) is 0 Å². The van der Waals surface area contributed by atoms with Crippen molar-refractivity contribution in [2.24, 2.45) is 5.92 Å². The molecule has 2 N–H and O–H groups in total. The van der Waals surface area contributed by atoms with Crippen LogP contribution in [-0.4, -0.2) is 25.0 Å². The van der Waals surface area contributed by atoms with Crippen molar-refractivity contribution in [3.8, 4) is 5.75 Å². The number of alkyl halides is 3. The molecule has 0 heterocycles. The van der Waals surface area contributed by atoms with E-state index in [1.807, 2.05) is 0 Å². The lowest BCUT2D eigenvalue weighted by molar-refractivity contribution is -0.137. The molecule has 1 aliphatic carbocycles. The molecule has 9 heteroatoms. The molecule has 0 spiro atoms. The largest absolute Gasteiger partial charge is 0.493 e. The van der Waals surface area contributed by atoms with Crippen LogP contribution in [0, 0.1) is 5.92 Å². The van der Waals surface area contributed by atoms with Crippen LogP contribution in [0.5, 0.6) is 5.75 Å². The van der Waals surface area contributed by atoms with Crippen LogP contribution in [0.2, 0.25) is 0 Å². The first-order valence-corrected chi connectivity index (χ1v) is 10.1. The molecule has 2 amide bonds. The fraction of sp³-hybridized carbons (Fsp3) is 0.304. The lowest BCUT2D eigenvalue weighted by Gasteiger charge is -2.12. The number of carbonyl (C=O) groups is 2. The summed E-state index contributed by atoms with van der Waals surface area (Å²) < 4.78 is 43.9. The van der Waals surface area contributed by atoms with E-state index in [1.54, 1.807) is 31.2 Å². The topological polar surface area (TPSA) is 76.7 Å². The number of amides is 2. The van der Waals surface area contributed by atoms with E-state index in [0.29, 0.717) is 23.8 Å². The van der Waals surface area contributed by atoms with E-state index in [2.05, 4.69) is 10.8 Å². The van der Waals surface area contributed by atoms with Gasteiger partial charge >= 0.3 is 6.18 Å². The summed E-state index contributed by atoms with van der Waals surface area (Å²) in [5.41, 5.74) is 1.74. The highest BCUT2D eigenvalue weighted by molar-refractivity contribution is 6.05. The molecule has 0 unspecified atom stereocenters. The van der Waals surface area contributed by atoms with Crippen molar-refractivity contribution in [2.75, 3.05) is 13.2 Å². The maximum atomic E-state index is 12.8. The summed E-state index contributed by atoms with van der Waals surface area (Å²) in [6.45, 7) is 2.49. The summed E-state index contributed by atoms with van der Waals surface area (Å²) in [4.78, 5) is 29.9. The molecule has 0 saturated heterocycles. The van der Waals surface area contributed by atoms with E-state index in [0.717, 1.165) is 12.1 Å². The number of hydroxylamine groups is 1. The Morgan fingerprint density at radius 2 is 1.72 bits per heavy atom. The van der Waals surface area contributed by atoms with Crippen LogP contribution in [0.1, 0.15) is 41.3 Å². The summed E-state index contributed by atoms with van der Waals surface area (Å²) >= 11 is 0. The van der Waals surface area contributed by atoms with E-state index >= 15 is 0 Å². The summed E-state index contributed by atoms with van der Waals surface area (Å²) in [6.07, 6.45) is -0.879. The number of nitrogens with one attached hydrogen (secondary N) is 2. The predicted molar refractivity (Wildman–Crippen MR) is 111 cm³/mol. The number of ether oxygens (including phenoxy) is 1. The number of halogens is 3. The maximum absolute atomic E-state index is 12.8. The SMILES string of the molecule is CCONC(=O)C(=Cc1ccc(C(F)(F)F)cc1)NC(=O)c1ccc(OCC2CC2)cc1. The van der Waals surface area contributed by atoms with Gasteiger partial charge in [0.1, 0.15) is 11.4 Å². The fourth-order valence-corrected chi connectivity index (χ4v) is 2.68. The Hall–Kier alpha value is -3.33. The van der Waals surface area contributed by atoms with Crippen LogP contribution < -0.4 is 15.5 Å². The van der Waals surface area contributed by atoms with Crippen molar-refractivity contribution < 1.29 is 32.3 Å². The normalized spacial score (nSPS) is 14.1. The molecular formula is C23H23F3N2O4. The Morgan fingerprint density at radius 1 is 1.06 bits per heavy atom. The molecule has 6 nitrogen and oxygen atoms in total. The number of carbonyl (C=O) groups excluding carboxylic acids is 2. The number of hydrogen-bond donors (Lipinski definition) is 2. The summed E-state index contributed by atoms with van der Waals surface area (Å²) in [7, 11) is 0. The second kappa shape index (κ2) is 10.3. The molecule has 32 heavy (non-hydrogen) atoms. The van der Waals surface area contributed by atoms with Crippen molar-refractivity contribution in [3.63, 3.8) is 0 Å². The van der Waals surface area contributed by atoms with Crippen LogP contribution in [0.15, 0.2) is 54.2 Å². The molecule has 3 rings (SSSR count). The Bertz CT molecular complexity index is 966. The van der Waals surface area contributed by atoms with Gasteiger partial charge in [-0.15, -0.1) is 0 Å². The molecular weight excluding hydrogens is 425 g/mol. The lowest BCUT2D eigenvalue weighted by atomic mass is 10.1. The van der Waals surface area contributed by atoms with E-state index < -0.39 is 23.6 Å². The second-order valence-electron chi connectivity index (χ2n) is 7.27. The van der Waals surface area contributed by atoms with Gasteiger partial charge in [-0.1, -0.05) is 12.1 Å². The highest BCUT2D eigenvalue weighted by Crippen LogP contribution is 2.30. The zero-order chi connectivity index (χ0) is 23.1. The first-order chi connectivity index (χ1) is 15.3. The summed E-state index contributed by atoms with van der Waals surface area (Å²) in [6, 6.07) is 10.6. The van der Waals surface area contributed by atoms with Gasteiger partial charge in [0.05, 0.1) is 18.8 Å². The smallest absolute Gasteiger partial charge is 0.416 e. The third kappa shape index (κ3) is 6.84. The molecule has 0 bridgehead atoms. The van der Waals surface area contributed by atoms with Gasteiger partial charge < -0.3 is 10.1 Å². The Labute approximate surface area is 183 Å². The van der Waals surface area contributed by atoms with E-state index in [4.69, 9.17) is 9.57 Å². The predicted octanol–water partition coefficient (Wildman–Crippen LogP) is 4.33. The standard InChI is InChI=1S/C23H23F3N2O4/c1-2-32-28-22(30)20(13-15-5-9-18(10-6-15)23(24,25)26)27-21(29)17-7-11-19(12-8-17)31-14-16-3-4-16/h5-13,16H,2-4,14H2,1H3,(H,27,29)(H,28,30). The highest BCUT2D eigenvalue weighted by atomic mass is 19.4. The minimum Gasteiger partial charge on any atom is -0.493 e. The molecule has 0 aliphatic heterocycles. The van der Waals surface area contributed by atoms with Crippen LogP contribution in [-0.2, 0) is 15.8 Å². The summed E-state index contributed by atoms with van der Waals surface area (Å²) in [5, 5.41) is 2.48. The maximum Gasteiger partial charge on any atom is 0.416 e. The zero-order valence-corrected chi connectivity index (χ0v) is 17.4. The van der Waals surface area contributed by atoms with Gasteiger partial charge in [0.2, 0.25) is 0 Å². The van der Waals surface area contributed by atoms with Gasteiger partial charge in [-0.2, -0.15) is 13.2 Å². The fourth-order valence-electron chi connectivity index (χ4n) is 2.68. The Balaban J connectivity index is 1.73. The van der Waals surface area contributed by atoms with E-state index in [-0.39, 0.29) is 17.9 Å². The minimum atomic E-state index is -4.47. The lowest BCUT2D eigenvalue weighted by Crippen LogP contribution is -2.35. The monoisotopic (exact) mass is 448 g/mol. The molecule has 1 saturated carbocycles. The molecule has 1 aliphatic rings. The quantitative estimate of drug-likeness (QED) is 0.442. The van der Waals surface area contributed by atoms with Crippen LogP contribution in [0.4, 0.5) is 13.2 Å². The first-order valence-electron chi connectivity index (χ1n) is 10.1. The van der Waals surface area contributed by atoms with Crippen molar-refractivity contribution in [2.45, 2.75) is 25.9 Å². The van der Waals surface area contributed by atoms with Crippen molar-refractivity contribution in [1.29, 1.82) is 0 Å². The number of rotatable bonds is 9. The van der Waals surface area contributed by atoms with Crippen molar-refractivity contribution >= 4 is 17.9 Å². The van der Waals surface area contributed by atoms with Crippen LogP contribution in [0.3, 0.4) is 0 Å². The minimum absolute atomic E-state index is 0.183. The third-order valence-corrected chi connectivity index (χ3v) is 4.65. The van der Waals surface area contributed by atoms with E-state index in [1.165, 1.54) is 31.1 Å². The Kier molecular flexibility index (Phi) is 7.53. The zero-order valence-electron chi connectivity index (χ0n) is 17.4. The molecule has 170 valence electrons. The average Bonchev–Trinajstić information content (AvgIpc) is 3.60. The third-order valence-electron chi connectivity index (χ3n) is 4.65. The van der Waals surface area contributed by atoms with Gasteiger partial charge in [-0.3, -0.25) is 14.4 Å². The second-order valence-corrected chi connectivity index (χ2v) is 7.27. The summed E-state index contributed by atoms with van der Waals surface area (Å²) in [5.74, 6) is -0.0733. The van der Waals surface area contributed by atoms with Gasteiger partial charge in [0, 0.05) is 5.56 Å². The van der Waals surface area contributed by atoms with Crippen LogP contribution >= 0.6 is 0 Å². The Morgan fingerprint density at radius 3 is 2.28 bits per heavy atom. The number of hydrogen-bond acceptors (Lipinski definition) is 4. The molecule has 2 aromatic carbocycles. The number of benzene rings is 2. The van der Waals surface area contributed by atoms with Gasteiger partial charge in [-0.05, 0) is 73.7 Å². The van der Waals surface area contributed by atoms with Crippen molar-refractivity contribution in [1.82, 2.24) is 10.8 Å². The molecule has 0 aromatic heterocycles. The van der Waals surface area contributed by atoms with Gasteiger partial charge in [0.25, 0.3) is 11.8 Å². The van der Waals surface area contributed by atoms with Crippen molar-refractivity contribution in [3.05, 3.63) is 70.9 Å². The molecule has 2 aromatic rings. The molecule has 1 fully saturated rings. The first kappa shape index (κ1) is 23.3. The van der Waals surface area contributed by atoms with Gasteiger partial charge in [-0.25, -0.2) is 5.48 Å². The average molecular weight is 448 g/mol. The van der Waals surface area contributed by atoms with Crippen LogP contribution in [0.25, 0.3) is 6.08 Å². The molecule has 0 radical (unpaired) electrons. The van der Waals surface area contributed by atoms with E-state index in [9.17, 15) is 22.8 Å². The highest BCUT2D eigenvalue weighted by Gasteiger charge is 2.30. The molecule has 0 atom stereocenters.